The first-order valence-electron chi connectivity index (χ1n) is 5.59. The highest BCUT2D eigenvalue weighted by Gasteiger charge is 2.12. The Hall–Kier alpha value is -0.340. The standard InChI is InChI=1S/C12H26N2/c1-6-8-14(11(4)5)9-7-12(13)10(2)3/h6,10-12H,1,7-9,13H2,2-5H3. The van der Waals surface area contributed by atoms with Gasteiger partial charge in [-0.05, 0) is 26.2 Å². The van der Waals surface area contributed by atoms with Crippen molar-refractivity contribution in [3.05, 3.63) is 12.7 Å². The smallest absolute Gasteiger partial charge is 0.0163 e. The van der Waals surface area contributed by atoms with Crippen molar-refractivity contribution >= 4 is 0 Å². The summed E-state index contributed by atoms with van der Waals surface area (Å²) in [6.45, 7) is 14.6. The van der Waals surface area contributed by atoms with Crippen LogP contribution in [-0.4, -0.2) is 30.1 Å². The molecule has 2 heteroatoms. The molecule has 0 aromatic rings. The van der Waals surface area contributed by atoms with Crippen molar-refractivity contribution in [3.63, 3.8) is 0 Å². The van der Waals surface area contributed by atoms with Crippen molar-refractivity contribution in [3.8, 4) is 0 Å². The van der Waals surface area contributed by atoms with E-state index in [-0.39, 0.29) is 0 Å². The van der Waals surface area contributed by atoms with E-state index in [1.54, 1.807) is 0 Å². The van der Waals surface area contributed by atoms with Gasteiger partial charge in [0.25, 0.3) is 0 Å². The summed E-state index contributed by atoms with van der Waals surface area (Å²) in [5.74, 6) is 0.577. The third-order valence-corrected chi connectivity index (χ3v) is 2.70. The third kappa shape index (κ3) is 5.40. The fourth-order valence-electron chi connectivity index (χ4n) is 1.37. The first-order valence-corrected chi connectivity index (χ1v) is 5.59. The molecule has 0 aliphatic rings. The Morgan fingerprint density at radius 2 is 1.86 bits per heavy atom. The van der Waals surface area contributed by atoms with E-state index in [1.165, 1.54) is 0 Å². The zero-order valence-electron chi connectivity index (χ0n) is 10.2. The van der Waals surface area contributed by atoms with Crippen molar-refractivity contribution in [1.82, 2.24) is 4.90 Å². The zero-order valence-corrected chi connectivity index (χ0v) is 10.2. The van der Waals surface area contributed by atoms with Gasteiger partial charge in [0.1, 0.15) is 0 Å². The first kappa shape index (κ1) is 13.7. The van der Waals surface area contributed by atoms with Crippen LogP contribution in [0, 0.1) is 5.92 Å². The van der Waals surface area contributed by atoms with Gasteiger partial charge >= 0.3 is 0 Å². The van der Waals surface area contributed by atoms with Crippen molar-refractivity contribution in [2.75, 3.05) is 13.1 Å². The molecule has 0 saturated heterocycles. The molecule has 1 atom stereocenters. The summed E-state index contributed by atoms with van der Waals surface area (Å²) in [6, 6.07) is 0.897. The Bertz CT molecular complexity index is 152. The topological polar surface area (TPSA) is 29.3 Å². The molecule has 2 nitrogen and oxygen atoms in total. The molecule has 0 radical (unpaired) electrons. The molecule has 0 amide bonds. The van der Waals surface area contributed by atoms with Gasteiger partial charge in [-0.3, -0.25) is 4.90 Å². The van der Waals surface area contributed by atoms with E-state index in [0.29, 0.717) is 18.0 Å². The number of nitrogens with two attached hydrogens (primary N) is 1. The molecular formula is C12H26N2. The van der Waals surface area contributed by atoms with Gasteiger partial charge in [-0.1, -0.05) is 19.9 Å². The van der Waals surface area contributed by atoms with E-state index < -0.39 is 0 Å². The van der Waals surface area contributed by atoms with Gasteiger partial charge in [-0.25, -0.2) is 0 Å². The van der Waals surface area contributed by atoms with E-state index in [4.69, 9.17) is 5.73 Å². The molecular weight excluding hydrogens is 172 g/mol. The molecule has 0 aromatic carbocycles. The minimum Gasteiger partial charge on any atom is -0.327 e. The minimum absolute atomic E-state index is 0.320. The van der Waals surface area contributed by atoms with Gasteiger partial charge in [0.05, 0.1) is 0 Å². The highest BCUT2D eigenvalue weighted by molar-refractivity contribution is 4.77. The van der Waals surface area contributed by atoms with Crippen LogP contribution in [0.2, 0.25) is 0 Å². The second-order valence-corrected chi connectivity index (χ2v) is 4.57. The summed E-state index contributed by atoms with van der Waals surface area (Å²) in [5, 5.41) is 0. The fraction of sp³-hybridized carbons (Fsp3) is 0.833. The van der Waals surface area contributed by atoms with Gasteiger partial charge < -0.3 is 5.73 Å². The Kier molecular flexibility index (Phi) is 6.85. The van der Waals surface area contributed by atoms with E-state index in [9.17, 15) is 0 Å². The maximum atomic E-state index is 6.01. The molecule has 0 spiro atoms. The van der Waals surface area contributed by atoms with E-state index in [1.807, 2.05) is 6.08 Å². The molecule has 1 unspecified atom stereocenters. The molecule has 0 aliphatic heterocycles. The number of hydrogen-bond acceptors (Lipinski definition) is 2. The van der Waals surface area contributed by atoms with Crippen LogP contribution < -0.4 is 5.73 Å². The number of hydrogen-bond donors (Lipinski definition) is 1. The molecule has 0 rings (SSSR count). The quantitative estimate of drug-likeness (QED) is 0.636. The minimum atomic E-state index is 0.320. The zero-order chi connectivity index (χ0) is 11.1. The summed E-state index contributed by atoms with van der Waals surface area (Å²) in [4.78, 5) is 2.40. The number of nitrogens with zero attached hydrogens (tertiary/aromatic N) is 1. The normalized spacial score (nSPS) is 14.0. The van der Waals surface area contributed by atoms with Gasteiger partial charge in [-0.15, -0.1) is 6.58 Å². The van der Waals surface area contributed by atoms with Crippen LogP contribution in [0.5, 0.6) is 0 Å². The summed E-state index contributed by atoms with van der Waals surface area (Å²) >= 11 is 0. The third-order valence-electron chi connectivity index (χ3n) is 2.70. The van der Waals surface area contributed by atoms with Crippen LogP contribution in [0.3, 0.4) is 0 Å². The van der Waals surface area contributed by atoms with Crippen molar-refractivity contribution in [2.24, 2.45) is 11.7 Å². The summed E-state index contributed by atoms with van der Waals surface area (Å²) in [7, 11) is 0. The summed E-state index contributed by atoms with van der Waals surface area (Å²) in [6.07, 6.45) is 3.03. The van der Waals surface area contributed by atoms with Crippen LogP contribution in [-0.2, 0) is 0 Å². The fourth-order valence-corrected chi connectivity index (χ4v) is 1.37. The Morgan fingerprint density at radius 3 is 2.21 bits per heavy atom. The Labute approximate surface area is 89.2 Å². The highest BCUT2D eigenvalue weighted by Crippen LogP contribution is 2.06. The lowest BCUT2D eigenvalue weighted by Crippen LogP contribution is -2.37. The number of rotatable bonds is 7. The van der Waals surface area contributed by atoms with Crippen LogP contribution in [0.1, 0.15) is 34.1 Å². The highest BCUT2D eigenvalue weighted by atomic mass is 15.1. The van der Waals surface area contributed by atoms with Crippen LogP contribution >= 0.6 is 0 Å². The van der Waals surface area contributed by atoms with Crippen LogP contribution in [0.4, 0.5) is 0 Å². The Balaban J connectivity index is 3.87. The SMILES string of the molecule is C=CCN(CCC(N)C(C)C)C(C)C. The lowest BCUT2D eigenvalue weighted by atomic mass is 10.0. The maximum absolute atomic E-state index is 6.01. The van der Waals surface area contributed by atoms with E-state index >= 15 is 0 Å². The second kappa shape index (κ2) is 7.02. The molecule has 0 saturated carbocycles. The maximum Gasteiger partial charge on any atom is 0.0163 e. The molecule has 14 heavy (non-hydrogen) atoms. The summed E-state index contributed by atoms with van der Waals surface area (Å²) in [5.41, 5.74) is 6.01. The molecule has 0 aromatic heterocycles. The van der Waals surface area contributed by atoms with E-state index in [2.05, 4.69) is 39.2 Å². The molecule has 84 valence electrons. The molecule has 0 fully saturated rings. The summed E-state index contributed by atoms with van der Waals surface area (Å²) < 4.78 is 0. The average molecular weight is 198 g/mol. The van der Waals surface area contributed by atoms with E-state index in [0.717, 1.165) is 19.5 Å². The largest absolute Gasteiger partial charge is 0.327 e. The first-order chi connectivity index (χ1) is 6.49. The average Bonchev–Trinajstić information content (AvgIpc) is 2.10. The van der Waals surface area contributed by atoms with Gasteiger partial charge in [0.15, 0.2) is 0 Å². The lowest BCUT2D eigenvalue weighted by molar-refractivity contribution is 0.230. The predicted octanol–water partition coefficient (Wildman–Crippen LogP) is 2.26. The monoisotopic (exact) mass is 198 g/mol. The Morgan fingerprint density at radius 1 is 1.29 bits per heavy atom. The van der Waals surface area contributed by atoms with Crippen LogP contribution in [0.25, 0.3) is 0 Å². The molecule has 0 heterocycles. The van der Waals surface area contributed by atoms with Crippen molar-refractivity contribution in [2.45, 2.75) is 46.2 Å². The predicted molar refractivity (Wildman–Crippen MR) is 64.3 cm³/mol. The van der Waals surface area contributed by atoms with Gasteiger partial charge in [-0.2, -0.15) is 0 Å². The van der Waals surface area contributed by atoms with Gasteiger partial charge in [0, 0.05) is 25.2 Å². The lowest BCUT2D eigenvalue weighted by Gasteiger charge is -2.27. The van der Waals surface area contributed by atoms with Crippen molar-refractivity contribution in [1.29, 1.82) is 0 Å². The van der Waals surface area contributed by atoms with Crippen molar-refractivity contribution < 1.29 is 0 Å². The molecule has 0 bridgehead atoms. The molecule has 2 N–H and O–H groups in total. The molecule has 0 aliphatic carbocycles. The van der Waals surface area contributed by atoms with Crippen LogP contribution in [0.15, 0.2) is 12.7 Å². The second-order valence-electron chi connectivity index (χ2n) is 4.57. The van der Waals surface area contributed by atoms with Gasteiger partial charge in [0.2, 0.25) is 0 Å².